The fourth-order valence-electron chi connectivity index (χ4n) is 22.0. The molecule has 0 saturated heterocycles. The summed E-state index contributed by atoms with van der Waals surface area (Å²) in [6, 6.07) is 161. The molecule has 144 heavy (non-hydrogen) atoms. The molecule has 0 aliphatic carbocycles. The highest BCUT2D eigenvalue weighted by atomic mass is 32.1. The van der Waals surface area contributed by atoms with Crippen molar-refractivity contribution in [2.75, 3.05) is 0 Å². The Hall–Kier alpha value is -18.5. The van der Waals surface area contributed by atoms with Crippen molar-refractivity contribution in [3.8, 4) is 142 Å². The maximum absolute atomic E-state index is 5.52. The van der Waals surface area contributed by atoms with Crippen LogP contribution < -0.4 is 0 Å². The van der Waals surface area contributed by atoms with E-state index in [4.69, 9.17) is 44.9 Å². The summed E-state index contributed by atoms with van der Waals surface area (Å²) in [7, 11) is 0. The van der Waals surface area contributed by atoms with Gasteiger partial charge in [0.25, 0.3) is 0 Å². The molecule has 668 valence electrons. The molecule has 0 aliphatic rings. The highest BCUT2D eigenvalue weighted by molar-refractivity contribution is 7.27. The van der Waals surface area contributed by atoms with E-state index in [0.29, 0.717) is 52.8 Å². The van der Waals surface area contributed by atoms with Crippen LogP contribution in [0, 0.1) is 0 Å². The van der Waals surface area contributed by atoms with Crippen LogP contribution in [0.2, 0.25) is 0 Å². The van der Waals surface area contributed by atoms with E-state index < -0.39 is 0 Å². The number of fused-ring (bicyclic) bond motifs is 24. The van der Waals surface area contributed by atoms with Gasteiger partial charge in [0.2, 0.25) is 17.8 Å². The number of aromatic nitrogens is 12. The van der Waals surface area contributed by atoms with Crippen molar-refractivity contribution in [3.05, 3.63) is 449 Å². The fraction of sp³-hybridized carbons (Fsp3) is 0. The molecule has 0 unspecified atom stereocenters. The van der Waals surface area contributed by atoms with Gasteiger partial charge in [-0.2, -0.15) is 29.9 Å². The van der Waals surface area contributed by atoms with E-state index >= 15 is 0 Å². The Morgan fingerprint density at radius 2 is 0.431 bits per heavy atom. The van der Waals surface area contributed by atoms with Crippen LogP contribution in [0.25, 0.3) is 300 Å². The van der Waals surface area contributed by atoms with Gasteiger partial charge in [0.05, 0.1) is 33.1 Å². The first-order valence-electron chi connectivity index (χ1n) is 48.2. The van der Waals surface area contributed by atoms with Gasteiger partial charge in [0.1, 0.15) is 0 Å². The second kappa shape index (κ2) is 32.6. The predicted molar refractivity (Wildman–Crippen MR) is 601 cm³/mol. The number of hydrogen-bond acceptors (Lipinski definition) is 12. The van der Waals surface area contributed by atoms with E-state index in [0.717, 1.165) is 153 Å². The molecule has 0 radical (unpaired) electrons. The van der Waals surface area contributed by atoms with Crippen molar-refractivity contribution in [1.82, 2.24) is 58.6 Å². The molecule has 0 aliphatic heterocycles. The zero-order chi connectivity index (χ0) is 94.3. The van der Waals surface area contributed by atoms with Crippen LogP contribution in [-0.4, -0.2) is 58.6 Å². The third-order valence-electron chi connectivity index (χ3n) is 28.9. The second-order valence-electron chi connectivity index (χ2n) is 37.0. The van der Waals surface area contributed by atoms with Crippen molar-refractivity contribution in [2.24, 2.45) is 0 Å². The summed E-state index contributed by atoms with van der Waals surface area (Å²) in [4.78, 5) is 48.9. The van der Waals surface area contributed by atoms with E-state index in [-0.39, 0.29) is 0 Å². The molecular weight excluding hydrogens is 1810 g/mol. The first-order valence-corrected chi connectivity index (χ1v) is 50.7. The zero-order valence-corrected chi connectivity index (χ0v) is 79.3. The lowest BCUT2D eigenvalue weighted by Gasteiger charge is -2.12. The number of rotatable bonds is 14. The third kappa shape index (κ3) is 13.3. The summed E-state index contributed by atoms with van der Waals surface area (Å²) in [5.41, 5.74) is 22.5. The highest BCUT2D eigenvalue weighted by Gasteiger charge is 2.27. The molecule has 0 N–H and O–H groups in total. The van der Waals surface area contributed by atoms with Crippen LogP contribution in [0.5, 0.6) is 0 Å². The molecule has 12 nitrogen and oxygen atoms in total. The van der Waals surface area contributed by atoms with Gasteiger partial charge in [-0.05, 0) is 191 Å². The van der Waals surface area contributed by atoms with E-state index in [1.54, 1.807) is 34.0 Å². The van der Waals surface area contributed by atoms with Gasteiger partial charge in [-0.1, -0.05) is 346 Å². The lowest BCUT2D eigenvalue weighted by atomic mass is 9.95. The minimum atomic E-state index is 0.534. The molecule has 30 aromatic rings. The molecule has 0 spiro atoms. The average molecular weight is 1890 g/mol. The molecule has 21 aromatic carbocycles. The Labute approximate surface area is 835 Å². The van der Waals surface area contributed by atoms with Crippen LogP contribution in [0.4, 0.5) is 0 Å². The van der Waals surface area contributed by atoms with Gasteiger partial charge < -0.3 is 0 Å². The Balaban J connectivity index is 0.465. The SMILES string of the molecule is c1cc(-c2ccc(-c3nc(-c4ccc5c(c4)sc4cc(-c6cccc(-c7ccc(-c8nc(-c9cccc%10c9sc9ccccc9%10)nc(-n9c%10ccccc%10c%10c%11ccccc%11ccc%109)n8)cc7)c6)ccc45)nc(-n4c5ccccc5c5c6ccccc6ccc54)n3)cc2)cc(-c2cccc(-c3ccc(-c4nc(-c5ccc6sc7ccccc7c6c5)nc(-n5c6ccccc6c6c7ccccc7ccc65)n4)cc3)c2)c1. The van der Waals surface area contributed by atoms with Gasteiger partial charge in [0.15, 0.2) is 34.9 Å². The lowest BCUT2D eigenvalue weighted by molar-refractivity contribution is 0.953. The number of hydrogen-bond donors (Lipinski definition) is 0. The van der Waals surface area contributed by atoms with Gasteiger partial charge in [-0.3, -0.25) is 13.7 Å². The summed E-state index contributed by atoms with van der Waals surface area (Å²) in [5.74, 6) is 5.19. The number of para-hydroxylation sites is 3. The Kier molecular flexibility index (Phi) is 18.4. The van der Waals surface area contributed by atoms with Gasteiger partial charge in [0, 0.05) is 126 Å². The Morgan fingerprint density at radius 1 is 0.146 bits per heavy atom. The van der Waals surface area contributed by atoms with Crippen LogP contribution >= 0.6 is 34.0 Å². The summed E-state index contributed by atoms with van der Waals surface area (Å²) < 4.78 is 13.8. The van der Waals surface area contributed by atoms with E-state index in [2.05, 4.69) is 463 Å². The van der Waals surface area contributed by atoms with E-state index in [9.17, 15) is 0 Å². The highest BCUT2D eigenvalue weighted by Crippen LogP contribution is 2.48. The lowest BCUT2D eigenvalue weighted by Crippen LogP contribution is -2.06. The fourth-order valence-corrected chi connectivity index (χ4v) is 25.5. The minimum Gasteiger partial charge on any atom is -0.278 e. The van der Waals surface area contributed by atoms with Crippen molar-refractivity contribution < 1.29 is 0 Å². The second-order valence-corrected chi connectivity index (χ2v) is 40.3. The minimum absolute atomic E-state index is 0.534. The first-order chi connectivity index (χ1) is 71.3. The normalized spacial score (nSPS) is 12.0. The van der Waals surface area contributed by atoms with Crippen LogP contribution in [0.3, 0.4) is 0 Å². The zero-order valence-electron chi connectivity index (χ0n) is 76.8. The summed E-state index contributed by atoms with van der Waals surface area (Å²) in [6.07, 6.45) is 0. The van der Waals surface area contributed by atoms with E-state index in [1.807, 2.05) is 0 Å². The molecule has 30 rings (SSSR count). The predicted octanol–water partition coefficient (Wildman–Crippen LogP) is 34.4. The summed E-state index contributed by atoms with van der Waals surface area (Å²) in [6.45, 7) is 0. The van der Waals surface area contributed by atoms with Crippen molar-refractivity contribution in [1.29, 1.82) is 0 Å². The molecule has 0 fully saturated rings. The van der Waals surface area contributed by atoms with Crippen LogP contribution in [0.15, 0.2) is 449 Å². The van der Waals surface area contributed by atoms with Crippen molar-refractivity contribution in [2.45, 2.75) is 0 Å². The van der Waals surface area contributed by atoms with Crippen LogP contribution in [-0.2, 0) is 0 Å². The molecule has 0 amide bonds. The van der Waals surface area contributed by atoms with Crippen molar-refractivity contribution in [3.63, 3.8) is 0 Å². The quantitative estimate of drug-likeness (QED) is 0.104. The molecule has 0 saturated carbocycles. The molecule has 9 heterocycles. The number of benzene rings is 21. The first kappa shape index (κ1) is 81.5. The Morgan fingerprint density at radius 3 is 0.875 bits per heavy atom. The summed E-state index contributed by atoms with van der Waals surface area (Å²) >= 11 is 5.37. The van der Waals surface area contributed by atoms with Crippen molar-refractivity contribution >= 4 is 192 Å². The Bertz CT molecular complexity index is 10700. The average Bonchev–Trinajstić information content (AvgIpc) is 1.57. The van der Waals surface area contributed by atoms with Gasteiger partial charge >= 0.3 is 0 Å². The molecule has 0 atom stereocenters. The third-order valence-corrected chi connectivity index (χ3v) is 32.3. The standard InChI is InChI=1S/C129H74N12S3/c1-4-30-93-78(21-1)59-65-109-117(93)101-35-7-12-40-106(101)139(109)127-133-121(130-124(136-127)91-62-68-114-105(72-91)97-34-11-15-43-112(97)142-114)81-51-45-75(46-52-81)84-24-17-27-87(69-84)88-28-18-25-85(70-88)76-47-53-82(54-48-76)122-131-125(137-128(134-122)140-107-41-13-8-36-102(107)118-94-31-5-2-22-79(94)60-66-110(118)140)92-58-64-99-98-63-57-90(73-115(98)143-116(99)74-92)89-29-19-26-86(71-89)77-49-55-83(56-50-77)123-132-126(104-39-20-38-100-96-33-10-16-44-113(96)144-120(100)104)138-129(135-123)141-108-42-14-9-37-103(108)119-95-32-6-3-23-80(95)61-67-111(119)141/h1-74H. The summed E-state index contributed by atoms with van der Waals surface area (Å²) in [5, 5.41) is 21.1. The molecule has 0 bridgehead atoms. The topological polar surface area (TPSA) is 131 Å². The molecule has 15 heteroatoms. The van der Waals surface area contributed by atoms with Crippen LogP contribution in [0.1, 0.15) is 0 Å². The number of nitrogens with zero attached hydrogens (tertiary/aromatic N) is 12. The van der Waals surface area contributed by atoms with E-state index in [1.165, 1.54) is 94.2 Å². The van der Waals surface area contributed by atoms with Gasteiger partial charge in [-0.25, -0.2) is 15.0 Å². The molecule has 9 aromatic heterocycles. The monoisotopic (exact) mass is 1890 g/mol. The number of thiophene rings is 3. The van der Waals surface area contributed by atoms with Gasteiger partial charge in [-0.15, -0.1) is 34.0 Å². The smallest absolute Gasteiger partial charge is 0.238 e. The maximum atomic E-state index is 5.52. The largest absolute Gasteiger partial charge is 0.278 e. The maximum Gasteiger partial charge on any atom is 0.238 e. The molecular formula is C129H74N12S3.